The Hall–Kier alpha value is -1.75. The summed E-state index contributed by atoms with van der Waals surface area (Å²) < 4.78 is 0. The van der Waals surface area contributed by atoms with Gasteiger partial charge in [0, 0.05) is 30.5 Å². The smallest absolute Gasteiger partial charge is 0.322 e. The third-order valence-corrected chi connectivity index (χ3v) is 5.21. The van der Waals surface area contributed by atoms with Crippen molar-refractivity contribution in [3.05, 3.63) is 23.3 Å². The number of nitrogens with one attached hydrogen (secondary N) is 2. The fraction of sp³-hybridized carbons (Fsp3) is 0.632. The molecule has 0 saturated heterocycles. The average Bonchev–Trinajstić information content (AvgIpc) is 2.55. The lowest BCUT2D eigenvalue weighted by Crippen LogP contribution is -2.46. The van der Waals surface area contributed by atoms with Gasteiger partial charge < -0.3 is 20.4 Å². The molecule has 2 amide bonds. The lowest BCUT2D eigenvalue weighted by Gasteiger charge is -2.38. The number of likely N-dealkylation sites (N-methyl/N-ethyl adjacent to an activating group) is 1. The number of carbonyl (C=O) groups excluding carboxylic acids is 1. The summed E-state index contributed by atoms with van der Waals surface area (Å²) in [6.45, 7) is 4.77. The Labute approximate surface area is 145 Å². The van der Waals surface area contributed by atoms with Crippen LogP contribution in [0.2, 0.25) is 0 Å². The van der Waals surface area contributed by atoms with E-state index in [1.807, 2.05) is 4.90 Å². The standard InChI is InChI=1S/C19H30N4O/c1-14-11-15(20-9-10-22(2)3)12-18-17(14)13-23(19(24)21-18)16-7-5-4-6-8-16/h11-12,16,20H,4-10,13H2,1-3H3,(H,21,24). The molecule has 1 fully saturated rings. The van der Waals surface area contributed by atoms with E-state index in [1.165, 1.54) is 30.4 Å². The van der Waals surface area contributed by atoms with Gasteiger partial charge in [-0.3, -0.25) is 0 Å². The van der Waals surface area contributed by atoms with Crippen molar-refractivity contribution in [3.8, 4) is 0 Å². The third-order valence-electron chi connectivity index (χ3n) is 5.21. The molecule has 0 bridgehead atoms. The van der Waals surface area contributed by atoms with Crippen molar-refractivity contribution in [2.24, 2.45) is 0 Å². The first kappa shape index (κ1) is 17.1. The van der Waals surface area contributed by atoms with Gasteiger partial charge in [-0.25, -0.2) is 4.79 Å². The molecule has 2 N–H and O–H groups in total. The Morgan fingerprint density at radius 2 is 2.00 bits per heavy atom. The predicted octanol–water partition coefficient (Wildman–Crippen LogP) is 3.65. The number of anilines is 2. The zero-order valence-corrected chi connectivity index (χ0v) is 15.2. The molecule has 0 spiro atoms. The van der Waals surface area contributed by atoms with Gasteiger partial charge in [-0.05, 0) is 57.1 Å². The lowest BCUT2D eigenvalue weighted by molar-refractivity contribution is 0.160. The molecule has 0 aromatic heterocycles. The first-order valence-electron chi connectivity index (χ1n) is 9.14. The molecule has 2 aliphatic rings. The van der Waals surface area contributed by atoms with E-state index in [9.17, 15) is 4.79 Å². The largest absolute Gasteiger partial charge is 0.384 e. The quantitative estimate of drug-likeness (QED) is 0.866. The monoisotopic (exact) mass is 330 g/mol. The van der Waals surface area contributed by atoms with E-state index in [0.29, 0.717) is 6.04 Å². The predicted molar refractivity (Wildman–Crippen MR) is 99.7 cm³/mol. The van der Waals surface area contributed by atoms with Gasteiger partial charge in [0.05, 0.1) is 6.54 Å². The Kier molecular flexibility index (Phi) is 5.29. The maximum absolute atomic E-state index is 12.6. The summed E-state index contributed by atoms with van der Waals surface area (Å²) in [5, 5.41) is 6.57. The fourth-order valence-electron chi connectivity index (χ4n) is 3.78. The highest BCUT2D eigenvalue weighted by molar-refractivity contribution is 5.93. The number of aryl methyl sites for hydroxylation is 1. The number of rotatable bonds is 5. The van der Waals surface area contributed by atoms with Gasteiger partial charge in [0.2, 0.25) is 0 Å². The lowest BCUT2D eigenvalue weighted by atomic mass is 9.93. The minimum Gasteiger partial charge on any atom is -0.384 e. The van der Waals surface area contributed by atoms with Crippen molar-refractivity contribution in [3.63, 3.8) is 0 Å². The van der Waals surface area contributed by atoms with Crippen LogP contribution < -0.4 is 10.6 Å². The molecule has 5 nitrogen and oxygen atoms in total. The van der Waals surface area contributed by atoms with E-state index >= 15 is 0 Å². The normalized spacial score (nSPS) is 18.5. The molecule has 0 atom stereocenters. The summed E-state index contributed by atoms with van der Waals surface area (Å²) in [5.41, 5.74) is 4.57. The molecule has 3 rings (SSSR count). The van der Waals surface area contributed by atoms with Crippen LogP contribution in [-0.2, 0) is 6.54 Å². The number of benzene rings is 1. The molecule has 0 unspecified atom stereocenters. The molecule has 1 saturated carbocycles. The van der Waals surface area contributed by atoms with Crippen molar-refractivity contribution in [1.29, 1.82) is 0 Å². The molecule has 1 aliphatic heterocycles. The van der Waals surface area contributed by atoms with Crippen LogP contribution in [0.5, 0.6) is 0 Å². The van der Waals surface area contributed by atoms with Gasteiger partial charge >= 0.3 is 6.03 Å². The molecule has 1 aromatic rings. The number of hydrogen-bond donors (Lipinski definition) is 2. The summed E-state index contributed by atoms with van der Waals surface area (Å²) in [7, 11) is 4.14. The van der Waals surface area contributed by atoms with Crippen LogP contribution >= 0.6 is 0 Å². The molecular formula is C19H30N4O. The summed E-state index contributed by atoms with van der Waals surface area (Å²) in [4.78, 5) is 16.8. The molecule has 24 heavy (non-hydrogen) atoms. The maximum atomic E-state index is 12.6. The van der Waals surface area contributed by atoms with Crippen molar-refractivity contribution in [2.45, 2.75) is 51.6 Å². The van der Waals surface area contributed by atoms with Crippen LogP contribution in [0.1, 0.15) is 43.2 Å². The first-order valence-corrected chi connectivity index (χ1v) is 9.14. The van der Waals surface area contributed by atoms with E-state index in [2.05, 4.69) is 48.7 Å². The van der Waals surface area contributed by atoms with Crippen molar-refractivity contribution in [1.82, 2.24) is 9.80 Å². The van der Waals surface area contributed by atoms with E-state index < -0.39 is 0 Å². The van der Waals surface area contributed by atoms with Crippen LogP contribution in [0.25, 0.3) is 0 Å². The van der Waals surface area contributed by atoms with Gasteiger partial charge in [-0.15, -0.1) is 0 Å². The first-order chi connectivity index (χ1) is 11.5. The summed E-state index contributed by atoms with van der Waals surface area (Å²) >= 11 is 0. The highest BCUT2D eigenvalue weighted by Crippen LogP contribution is 2.33. The van der Waals surface area contributed by atoms with Gasteiger partial charge in [0.15, 0.2) is 0 Å². The van der Waals surface area contributed by atoms with Gasteiger partial charge in [0.1, 0.15) is 0 Å². The van der Waals surface area contributed by atoms with E-state index in [4.69, 9.17) is 0 Å². The molecular weight excluding hydrogens is 300 g/mol. The molecule has 1 heterocycles. The second kappa shape index (κ2) is 7.43. The SMILES string of the molecule is Cc1cc(NCCN(C)C)cc2c1CN(C1CCCCC1)C(=O)N2. The maximum Gasteiger partial charge on any atom is 0.322 e. The van der Waals surface area contributed by atoms with E-state index in [-0.39, 0.29) is 6.03 Å². The second-order valence-electron chi connectivity index (χ2n) is 7.40. The van der Waals surface area contributed by atoms with Gasteiger partial charge in [-0.2, -0.15) is 0 Å². The topological polar surface area (TPSA) is 47.6 Å². The average molecular weight is 330 g/mol. The Morgan fingerprint density at radius 3 is 2.71 bits per heavy atom. The van der Waals surface area contributed by atoms with Gasteiger partial charge in [-0.1, -0.05) is 19.3 Å². The van der Waals surface area contributed by atoms with Gasteiger partial charge in [0.25, 0.3) is 0 Å². The van der Waals surface area contributed by atoms with Crippen LogP contribution in [0, 0.1) is 6.92 Å². The highest BCUT2D eigenvalue weighted by atomic mass is 16.2. The second-order valence-corrected chi connectivity index (χ2v) is 7.40. The number of amides is 2. The Bertz CT molecular complexity index is 593. The van der Waals surface area contributed by atoms with E-state index in [1.54, 1.807) is 0 Å². The Morgan fingerprint density at radius 1 is 1.25 bits per heavy atom. The minimum atomic E-state index is 0.0687. The zero-order chi connectivity index (χ0) is 17.1. The Balaban J connectivity index is 1.73. The minimum absolute atomic E-state index is 0.0687. The molecule has 1 aromatic carbocycles. The van der Waals surface area contributed by atoms with Crippen LogP contribution in [0.3, 0.4) is 0 Å². The number of carbonyl (C=O) groups is 1. The molecule has 5 heteroatoms. The van der Waals surface area contributed by atoms with Crippen LogP contribution in [0.4, 0.5) is 16.2 Å². The summed E-state index contributed by atoms with van der Waals surface area (Å²) in [6.07, 6.45) is 6.09. The summed E-state index contributed by atoms with van der Waals surface area (Å²) in [5.74, 6) is 0. The van der Waals surface area contributed by atoms with Crippen LogP contribution in [-0.4, -0.2) is 49.1 Å². The highest BCUT2D eigenvalue weighted by Gasteiger charge is 2.30. The molecule has 1 aliphatic carbocycles. The zero-order valence-electron chi connectivity index (χ0n) is 15.2. The van der Waals surface area contributed by atoms with Crippen LogP contribution in [0.15, 0.2) is 12.1 Å². The molecule has 132 valence electrons. The fourth-order valence-corrected chi connectivity index (χ4v) is 3.78. The number of nitrogens with zero attached hydrogens (tertiary/aromatic N) is 2. The third kappa shape index (κ3) is 3.83. The molecule has 0 radical (unpaired) electrons. The van der Waals surface area contributed by atoms with Crippen molar-refractivity contribution >= 4 is 17.4 Å². The number of urea groups is 1. The van der Waals surface area contributed by atoms with Crippen molar-refractivity contribution < 1.29 is 4.79 Å². The summed E-state index contributed by atoms with van der Waals surface area (Å²) in [6, 6.07) is 4.75. The van der Waals surface area contributed by atoms with E-state index in [0.717, 1.165) is 43.9 Å². The number of hydrogen-bond acceptors (Lipinski definition) is 3. The van der Waals surface area contributed by atoms with Crippen molar-refractivity contribution in [2.75, 3.05) is 37.8 Å². The number of fused-ring (bicyclic) bond motifs is 1.